The van der Waals surface area contributed by atoms with Crippen LogP contribution in [0.25, 0.3) is 0 Å². The summed E-state index contributed by atoms with van der Waals surface area (Å²) in [6.07, 6.45) is 8.99. The highest BCUT2D eigenvalue weighted by Gasteiger charge is 1.96. The number of benzene rings is 1. The summed E-state index contributed by atoms with van der Waals surface area (Å²) in [4.78, 5) is 4.53. The topological polar surface area (TPSA) is 43.2 Å². The summed E-state index contributed by atoms with van der Waals surface area (Å²) in [5.41, 5.74) is 0.757. The molecule has 0 amide bonds. The number of alkyl halides is 1. The molecule has 4 nitrogen and oxygen atoms in total. The predicted molar refractivity (Wildman–Crippen MR) is 89.6 cm³/mol. The van der Waals surface area contributed by atoms with Crippen LogP contribution in [-0.2, 0) is 4.84 Å². The van der Waals surface area contributed by atoms with Crippen molar-refractivity contribution < 1.29 is 9.57 Å². The predicted octanol–water partition coefficient (Wildman–Crippen LogP) is 5.84. The summed E-state index contributed by atoms with van der Waals surface area (Å²) in [6.45, 7) is 0.778. The van der Waals surface area contributed by atoms with Crippen LogP contribution in [0.4, 0.5) is 5.69 Å². The third-order valence-corrected chi connectivity index (χ3v) is 3.68. The van der Waals surface area contributed by atoms with Crippen molar-refractivity contribution in [1.29, 1.82) is 0 Å². The van der Waals surface area contributed by atoms with Crippen LogP contribution in [0.3, 0.4) is 0 Å². The first-order chi connectivity index (χ1) is 10.4. The largest absolute Gasteiger partial charge is 0.494 e. The molecule has 118 valence electrons. The van der Waals surface area contributed by atoms with Gasteiger partial charge in [0.2, 0.25) is 0 Å². The van der Waals surface area contributed by atoms with E-state index in [2.05, 4.69) is 31.2 Å². The number of hydrogen-bond donors (Lipinski definition) is 0. The van der Waals surface area contributed by atoms with E-state index in [1.165, 1.54) is 45.6 Å². The second-order valence-electron chi connectivity index (χ2n) is 4.87. The number of rotatable bonds is 12. The average Bonchev–Trinajstić information content (AvgIpc) is 2.52. The molecular weight excluding hydrogens is 332 g/mol. The summed E-state index contributed by atoms with van der Waals surface area (Å²) >= 11 is 3.46. The number of nitrogens with zero attached hydrogens (tertiary/aromatic N) is 2. The fourth-order valence-electron chi connectivity index (χ4n) is 1.97. The Labute approximate surface area is 136 Å². The molecule has 0 atom stereocenters. The molecule has 0 saturated carbocycles. The first-order valence-electron chi connectivity index (χ1n) is 7.60. The van der Waals surface area contributed by atoms with E-state index >= 15 is 0 Å². The van der Waals surface area contributed by atoms with E-state index in [9.17, 15) is 0 Å². The van der Waals surface area contributed by atoms with Crippen LogP contribution in [0.1, 0.15) is 44.9 Å². The lowest BCUT2D eigenvalue weighted by molar-refractivity contribution is 0.190. The van der Waals surface area contributed by atoms with Crippen LogP contribution in [0.15, 0.2) is 34.7 Å². The summed E-state index contributed by atoms with van der Waals surface area (Å²) in [6, 6.07) is 7.54. The van der Waals surface area contributed by atoms with Crippen molar-refractivity contribution in [3.8, 4) is 5.75 Å². The molecule has 0 aliphatic rings. The first kappa shape index (κ1) is 18.0. The van der Waals surface area contributed by atoms with E-state index in [0.717, 1.165) is 29.8 Å². The van der Waals surface area contributed by atoms with Gasteiger partial charge in [-0.25, -0.2) is 0 Å². The molecule has 21 heavy (non-hydrogen) atoms. The molecule has 0 radical (unpaired) electrons. The molecule has 0 bridgehead atoms. The van der Waals surface area contributed by atoms with Gasteiger partial charge in [-0.3, -0.25) is 0 Å². The van der Waals surface area contributed by atoms with Gasteiger partial charge in [0, 0.05) is 10.6 Å². The maximum atomic E-state index is 5.70. The van der Waals surface area contributed by atoms with Gasteiger partial charge >= 0.3 is 0 Å². The normalized spacial score (nSPS) is 11.0. The van der Waals surface area contributed by atoms with E-state index in [0.29, 0.717) is 0 Å². The standard InChI is InChI=1S/C16H25BrN2O2/c1-20-19-18-15-9-11-16(12-10-15)21-14-8-6-4-2-3-5-7-13-17/h9-12H,2-8,13-14H2,1H3. The second kappa shape index (κ2) is 12.6. The van der Waals surface area contributed by atoms with Gasteiger partial charge in [-0.1, -0.05) is 48.0 Å². The van der Waals surface area contributed by atoms with Gasteiger partial charge in [0.05, 0.1) is 12.3 Å². The Morgan fingerprint density at radius 1 is 0.905 bits per heavy atom. The molecule has 5 heteroatoms. The Morgan fingerprint density at radius 3 is 2.14 bits per heavy atom. The van der Waals surface area contributed by atoms with Crippen molar-refractivity contribution in [3.05, 3.63) is 24.3 Å². The number of ether oxygens (including phenoxy) is 1. The van der Waals surface area contributed by atoms with Gasteiger partial charge in [0.1, 0.15) is 12.9 Å². The smallest absolute Gasteiger partial charge is 0.119 e. The molecule has 0 saturated heterocycles. The Hall–Kier alpha value is -1.10. The van der Waals surface area contributed by atoms with E-state index < -0.39 is 0 Å². The maximum absolute atomic E-state index is 5.70. The number of unbranched alkanes of at least 4 members (excludes halogenated alkanes) is 6. The summed E-state index contributed by atoms with van der Waals surface area (Å²) < 4.78 is 5.70. The highest BCUT2D eigenvalue weighted by Crippen LogP contribution is 2.18. The molecule has 1 rings (SSSR count). The van der Waals surface area contributed by atoms with Crippen LogP contribution < -0.4 is 4.74 Å². The minimum atomic E-state index is 0.757. The van der Waals surface area contributed by atoms with Crippen molar-refractivity contribution in [1.82, 2.24) is 0 Å². The van der Waals surface area contributed by atoms with Gasteiger partial charge in [0.15, 0.2) is 0 Å². The van der Waals surface area contributed by atoms with Crippen molar-refractivity contribution in [3.63, 3.8) is 0 Å². The molecule has 0 spiro atoms. The summed E-state index contributed by atoms with van der Waals surface area (Å²) in [5, 5.41) is 8.47. The highest BCUT2D eigenvalue weighted by molar-refractivity contribution is 9.09. The minimum absolute atomic E-state index is 0.757. The fraction of sp³-hybridized carbons (Fsp3) is 0.625. The molecule has 0 unspecified atom stereocenters. The van der Waals surface area contributed by atoms with Crippen LogP contribution in [0.2, 0.25) is 0 Å². The van der Waals surface area contributed by atoms with Crippen LogP contribution in [-0.4, -0.2) is 19.0 Å². The third kappa shape index (κ3) is 9.45. The maximum Gasteiger partial charge on any atom is 0.119 e. The number of hydrogen-bond acceptors (Lipinski definition) is 4. The Balaban J connectivity index is 2.03. The molecule has 0 fully saturated rings. The van der Waals surface area contributed by atoms with Gasteiger partial charge in [-0.15, -0.1) is 5.11 Å². The lowest BCUT2D eigenvalue weighted by Gasteiger charge is -2.06. The van der Waals surface area contributed by atoms with Gasteiger partial charge in [-0.05, 0) is 37.1 Å². The Morgan fingerprint density at radius 2 is 1.52 bits per heavy atom. The molecule has 1 aromatic carbocycles. The van der Waals surface area contributed by atoms with Gasteiger partial charge < -0.3 is 9.57 Å². The van der Waals surface area contributed by atoms with E-state index in [-0.39, 0.29) is 0 Å². The number of halogens is 1. The summed E-state index contributed by atoms with van der Waals surface area (Å²) in [5.74, 6) is 0.878. The van der Waals surface area contributed by atoms with E-state index in [4.69, 9.17) is 4.74 Å². The quantitative estimate of drug-likeness (QED) is 0.204. The van der Waals surface area contributed by atoms with Crippen molar-refractivity contribution in [2.45, 2.75) is 44.9 Å². The lowest BCUT2D eigenvalue weighted by Crippen LogP contribution is -1.96. The van der Waals surface area contributed by atoms with Crippen LogP contribution in [0, 0.1) is 0 Å². The Kier molecular flexibility index (Phi) is 10.8. The van der Waals surface area contributed by atoms with E-state index in [1.807, 2.05) is 24.3 Å². The van der Waals surface area contributed by atoms with Crippen molar-refractivity contribution in [2.24, 2.45) is 10.4 Å². The zero-order chi connectivity index (χ0) is 15.2. The van der Waals surface area contributed by atoms with Crippen molar-refractivity contribution in [2.75, 3.05) is 19.0 Å². The van der Waals surface area contributed by atoms with Crippen LogP contribution >= 0.6 is 15.9 Å². The monoisotopic (exact) mass is 356 g/mol. The lowest BCUT2D eigenvalue weighted by atomic mass is 10.1. The molecule has 0 aliphatic heterocycles. The molecule has 0 aromatic heterocycles. The second-order valence-corrected chi connectivity index (χ2v) is 5.66. The zero-order valence-corrected chi connectivity index (χ0v) is 14.3. The Bertz CT molecular complexity index is 382. The average molecular weight is 357 g/mol. The third-order valence-electron chi connectivity index (χ3n) is 3.12. The van der Waals surface area contributed by atoms with Crippen LogP contribution in [0.5, 0.6) is 5.75 Å². The molecule has 0 N–H and O–H groups in total. The minimum Gasteiger partial charge on any atom is -0.494 e. The highest BCUT2D eigenvalue weighted by atomic mass is 79.9. The molecular formula is C16H25BrN2O2. The first-order valence-corrected chi connectivity index (χ1v) is 8.72. The molecule has 1 aromatic rings. The van der Waals surface area contributed by atoms with E-state index in [1.54, 1.807) is 0 Å². The molecule has 0 heterocycles. The summed E-state index contributed by atoms with van der Waals surface area (Å²) in [7, 11) is 1.47. The molecule has 0 aliphatic carbocycles. The fourth-order valence-corrected chi connectivity index (χ4v) is 2.36. The van der Waals surface area contributed by atoms with Gasteiger partial charge in [0.25, 0.3) is 0 Å². The SMILES string of the molecule is CON=Nc1ccc(OCCCCCCCCCBr)cc1. The van der Waals surface area contributed by atoms with Crippen molar-refractivity contribution >= 4 is 21.6 Å². The zero-order valence-electron chi connectivity index (χ0n) is 12.8. The van der Waals surface area contributed by atoms with Gasteiger partial charge in [-0.2, -0.15) is 0 Å².